The summed E-state index contributed by atoms with van der Waals surface area (Å²) in [5.74, 6) is 0.672. The van der Waals surface area contributed by atoms with Crippen molar-refractivity contribution in [2.75, 3.05) is 37.1 Å². The molecule has 0 spiro atoms. The van der Waals surface area contributed by atoms with Gasteiger partial charge in [0, 0.05) is 96.7 Å². The van der Waals surface area contributed by atoms with Crippen LogP contribution >= 0.6 is 0 Å². The van der Waals surface area contributed by atoms with E-state index in [1.165, 1.54) is 0 Å². The molecule has 9 nitrogen and oxygen atoms in total. The molecule has 3 aromatic carbocycles. The fraction of sp³-hybridized carbons (Fsp3) is 0.475. The highest BCUT2D eigenvalue weighted by Crippen LogP contribution is 2.26. The lowest BCUT2D eigenvalue weighted by atomic mass is 10.0. The molecule has 3 amide bonds. The van der Waals surface area contributed by atoms with Crippen molar-refractivity contribution in [2.45, 2.75) is 93.1 Å². The zero-order valence-electron chi connectivity index (χ0n) is 30.8. The summed E-state index contributed by atoms with van der Waals surface area (Å²) in [6, 6.07) is 18.9. The molecule has 1 heterocycles. The minimum Gasteiger partial charge on any atom is -0.388 e. The van der Waals surface area contributed by atoms with Gasteiger partial charge in [0.05, 0.1) is 0 Å². The minimum absolute atomic E-state index is 0.0588. The molecule has 0 fully saturated rings. The molecule has 9 heteroatoms. The number of nitrogens with zero attached hydrogens (tertiary/aromatic N) is 3. The standard InChI is InChI=1S/C40H56N6O3/c1-9-38(47)44-21-29-12-31(17-35(15-29)41-6)23-45(39(48)10-27(2)3)25-33-14-34(20-37(19-33)43-8)26-46(40(49)11-28(4)5)24-32-13-30(22-44)16-36(18-32)42-7/h12-20,27-28,41-43H,9-11,21-26H2,1-8H3. The minimum atomic E-state index is 0.0588. The maximum atomic E-state index is 13.8. The SMILES string of the molecule is CCC(=O)N1Cc2cc(cc(NC)c2)CN(C(=O)CC(C)C)Cc2cc(cc(NC)c2)CN(C(=O)CC(C)C)Cc2cc(cc(NC)c2)C1. The van der Waals surface area contributed by atoms with Crippen molar-refractivity contribution in [2.24, 2.45) is 11.8 Å². The average Bonchev–Trinajstić information content (AvgIpc) is 3.05. The normalized spacial score (nSPS) is 14.0. The molecule has 1 aliphatic heterocycles. The molecule has 3 aromatic rings. The fourth-order valence-electron chi connectivity index (χ4n) is 6.47. The highest BCUT2D eigenvalue weighted by Gasteiger charge is 2.22. The Morgan fingerprint density at radius 2 is 0.735 bits per heavy atom. The molecule has 0 aliphatic carbocycles. The Morgan fingerprint density at radius 1 is 0.490 bits per heavy atom. The first-order valence-corrected chi connectivity index (χ1v) is 17.6. The molecule has 264 valence electrons. The van der Waals surface area contributed by atoms with Crippen molar-refractivity contribution >= 4 is 34.8 Å². The van der Waals surface area contributed by atoms with Crippen molar-refractivity contribution in [3.63, 3.8) is 0 Å². The first-order valence-electron chi connectivity index (χ1n) is 17.6. The Balaban J connectivity index is 1.90. The first kappa shape index (κ1) is 37.3. The van der Waals surface area contributed by atoms with Crippen LogP contribution in [0.2, 0.25) is 0 Å². The van der Waals surface area contributed by atoms with Crippen molar-refractivity contribution in [3.8, 4) is 0 Å². The Morgan fingerprint density at radius 3 is 0.939 bits per heavy atom. The van der Waals surface area contributed by atoms with Gasteiger partial charge in [-0.1, -0.05) is 52.8 Å². The Labute approximate surface area is 293 Å². The number of rotatable bonds is 8. The van der Waals surface area contributed by atoms with Crippen molar-refractivity contribution in [1.82, 2.24) is 14.7 Å². The number of carbonyl (C=O) groups is 3. The predicted molar refractivity (Wildman–Crippen MR) is 200 cm³/mol. The van der Waals surface area contributed by atoms with Crippen molar-refractivity contribution in [1.29, 1.82) is 0 Å². The number of nitrogens with one attached hydrogen (secondary N) is 3. The van der Waals surface area contributed by atoms with Crippen LogP contribution < -0.4 is 16.0 Å². The molecule has 0 saturated carbocycles. The van der Waals surface area contributed by atoms with Crippen molar-refractivity contribution in [3.05, 3.63) is 88.0 Å². The van der Waals surface area contributed by atoms with Gasteiger partial charge < -0.3 is 30.7 Å². The van der Waals surface area contributed by atoms with E-state index in [-0.39, 0.29) is 29.6 Å². The van der Waals surface area contributed by atoms with Gasteiger partial charge in [-0.15, -0.1) is 0 Å². The summed E-state index contributed by atoms with van der Waals surface area (Å²) in [4.78, 5) is 46.7. The monoisotopic (exact) mass is 668 g/mol. The van der Waals surface area contributed by atoms with Gasteiger partial charge in [0.15, 0.2) is 0 Å². The second kappa shape index (κ2) is 17.2. The van der Waals surface area contributed by atoms with Crippen LogP contribution in [0.3, 0.4) is 0 Å². The van der Waals surface area contributed by atoms with Gasteiger partial charge >= 0.3 is 0 Å². The number of amides is 3. The number of fused-ring (bicyclic) bond motifs is 6. The van der Waals surface area contributed by atoms with E-state index < -0.39 is 0 Å². The third-order valence-electron chi connectivity index (χ3n) is 8.79. The molecular weight excluding hydrogens is 612 g/mol. The largest absolute Gasteiger partial charge is 0.388 e. The summed E-state index contributed by atoms with van der Waals surface area (Å²) in [6.45, 7) is 12.7. The van der Waals surface area contributed by atoms with Crippen LogP contribution in [0.4, 0.5) is 17.1 Å². The predicted octanol–water partition coefficient (Wildman–Crippen LogP) is 7.21. The Kier molecular flexibility index (Phi) is 13.1. The van der Waals surface area contributed by atoms with Gasteiger partial charge in [-0.3, -0.25) is 14.4 Å². The van der Waals surface area contributed by atoms with Gasteiger partial charge in [-0.25, -0.2) is 0 Å². The average molecular weight is 669 g/mol. The van der Waals surface area contributed by atoms with Gasteiger partial charge in [0.2, 0.25) is 17.7 Å². The first-order chi connectivity index (χ1) is 23.4. The molecule has 0 atom stereocenters. The quantitative estimate of drug-likeness (QED) is 0.235. The van der Waals surface area contributed by atoms with E-state index >= 15 is 0 Å². The molecule has 0 radical (unpaired) electrons. The summed E-state index contributed by atoms with van der Waals surface area (Å²) in [5.41, 5.74) is 8.80. The molecule has 3 N–H and O–H groups in total. The Hall–Kier alpha value is -4.53. The molecule has 1 aliphatic rings. The van der Waals surface area contributed by atoms with E-state index in [1.54, 1.807) is 0 Å². The maximum absolute atomic E-state index is 13.8. The van der Waals surface area contributed by atoms with Crippen LogP contribution in [0.1, 0.15) is 87.3 Å². The van der Waals surface area contributed by atoms with Crippen LogP contribution in [0.15, 0.2) is 54.6 Å². The summed E-state index contributed by atoms with van der Waals surface area (Å²) >= 11 is 0. The number of hydrogen-bond acceptors (Lipinski definition) is 6. The summed E-state index contributed by atoms with van der Waals surface area (Å²) in [6.07, 6.45) is 1.28. The highest BCUT2D eigenvalue weighted by molar-refractivity contribution is 5.78. The van der Waals surface area contributed by atoms with E-state index in [9.17, 15) is 14.4 Å². The van der Waals surface area contributed by atoms with E-state index in [1.807, 2.05) is 42.8 Å². The van der Waals surface area contributed by atoms with Crippen LogP contribution in [0.5, 0.6) is 0 Å². The van der Waals surface area contributed by atoms with Crippen LogP contribution in [-0.2, 0) is 53.7 Å². The van der Waals surface area contributed by atoms with Crippen LogP contribution in [-0.4, -0.2) is 53.6 Å². The maximum Gasteiger partial charge on any atom is 0.223 e. The molecule has 6 bridgehead atoms. The van der Waals surface area contributed by atoms with Crippen molar-refractivity contribution < 1.29 is 14.4 Å². The fourth-order valence-corrected chi connectivity index (χ4v) is 6.47. The highest BCUT2D eigenvalue weighted by atomic mass is 16.2. The number of carbonyl (C=O) groups excluding carboxylic acids is 3. The topological polar surface area (TPSA) is 97.0 Å². The lowest BCUT2D eigenvalue weighted by Gasteiger charge is -2.28. The molecule has 0 saturated heterocycles. The number of benzene rings is 3. The zero-order chi connectivity index (χ0) is 35.7. The summed E-state index contributed by atoms with van der Waals surface area (Å²) < 4.78 is 0. The molecular formula is C40H56N6O3. The van der Waals surface area contributed by atoms with Crippen LogP contribution in [0, 0.1) is 11.8 Å². The zero-order valence-corrected chi connectivity index (χ0v) is 30.8. The second-order valence-corrected chi connectivity index (χ2v) is 14.2. The summed E-state index contributed by atoms with van der Waals surface area (Å²) in [7, 11) is 5.68. The second-order valence-electron chi connectivity index (χ2n) is 14.2. The van der Waals surface area contributed by atoms with Gasteiger partial charge in [-0.05, 0) is 81.6 Å². The van der Waals surface area contributed by atoms with Gasteiger partial charge in [0.1, 0.15) is 0 Å². The molecule has 0 unspecified atom stereocenters. The molecule has 49 heavy (non-hydrogen) atoms. The lowest BCUT2D eigenvalue weighted by Crippen LogP contribution is -2.32. The molecule has 4 rings (SSSR count). The van der Waals surface area contributed by atoms with Gasteiger partial charge in [0.25, 0.3) is 0 Å². The lowest BCUT2D eigenvalue weighted by molar-refractivity contribution is -0.134. The third kappa shape index (κ3) is 10.7. The van der Waals surface area contributed by atoms with Crippen LogP contribution in [0.25, 0.3) is 0 Å². The smallest absolute Gasteiger partial charge is 0.223 e. The third-order valence-corrected chi connectivity index (χ3v) is 8.79. The van der Waals surface area contributed by atoms with E-state index in [0.29, 0.717) is 58.5 Å². The van der Waals surface area contributed by atoms with E-state index in [0.717, 1.165) is 50.4 Å². The molecule has 0 aromatic heterocycles. The van der Waals surface area contributed by atoms with Gasteiger partial charge in [-0.2, -0.15) is 0 Å². The number of anilines is 3. The van der Waals surface area contributed by atoms with E-state index in [2.05, 4.69) is 98.2 Å². The summed E-state index contributed by atoms with van der Waals surface area (Å²) in [5, 5.41) is 9.87. The Bertz CT molecular complexity index is 1510. The van der Waals surface area contributed by atoms with E-state index in [4.69, 9.17) is 0 Å². The number of hydrogen-bond donors (Lipinski definition) is 3.